The summed E-state index contributed by atoms with van der Waals surface area (Å²) in [5.74, 6) is -0.406. The van der Waals surface area contributed by atoms with E-state index >= 15 is 0 Å². The number of carbonyl (C=O) groups is 2. The fourth-order valence-electron chi connectivity index (χ4n) is 2.83. The number of hydrogen-bond acceptors (Lipinski definition) is 4. The second kappa shape index (κ2) is 8.98. The summed E-state index contributed by atoms with van der Waals surface area (Å²) in [6, 6.07) is 10.4. The van der Waals surface area contributed by atoms with Crippen molar-refractivity contribution in [3.8, 4) is 5.75 Å². The van der Waals surface area contributed by atoms with Crippen molar-refractivity contribution in [2.75, 3.05) is 13.7 Å². The fraction of sp³-hybridized carbons (Fsp3) is 0.200. The van der Waals surface area contributed by atoms with Crippen LogP contribution in [0.5, 0.6) is 5.75 Å². The van der Waals surface area contributed by atoms with Crippen molar-refractivity contribution in [2.24, 2.45) is 0 Å². The highest BCUT2D eigenvalue weighted by atomic mass is 35.5. The van der Waals surface area contributed by atoms with Crippen LogP contribution < -0.4 is 10.1 Å². The van der Waals surface area contributed by atoms with Crippen LogP contribution in [0.25, 0.3) is 6.08 Å². The number of nitrogens with zero attached hydrogens (tertiary/aromatic N) is 1. The lowest BCUT2D eigenvalue weighted by atomic mass is 10.1. The monoisotopic (exact) mass is 452 g/mol. The lowest BCUT2D eigenvalue weighted by Gasteiger charge is -2.24. The summed E-state index contributed by atoms with van der Waals surface area (Å²) in [6.45, 7) is 1.52. The molecule has 0 aliphatic carbocycles. The molecule has 0 saturated carbocycles. The number of rotatable bonds is 4. The second-order valence-electron chi connectivity index (χ2n) is 6.28. The minimum absolute atomic E-state index is 0.00794. The molecule has 2 aromatic rings. The van der Waals surface area contributed by atoms with Gasteiger partial charge in [0.25, 0.3) is 5.91 Å². The van der Waals surface area contributed by atoms with E-state index in [1.165, 1.54) is 14.0 Å². The molecule has 3 rings (SSSR count). The quantitative estimate of drug-likeness (QED) is 0.720. The Kier molecular flexibility index (Phi) is 6.62. The van der Waals surface area contributed by atoms with Gasteiger partial charge in [-0.3, -0.25) is 9.59 Å². The van der Waals surface area contributed by atoms with Gasteiger partial charge in [-0.2, -0.15) is 0 Å². The van der Waals surface area contributed by atoms with Gasteiger partial charge in [-0.25, -0.2) is 8.51 Å². The highest BCUT2D eigenvalue weighted by Crippen LogP contribution is 2.27. The van der Waals surface area contributed by atoms with Crippen molar-refractivity contribution in [3.63, 3.8) is 0 Å². The van der Waals surface area contributed by atoms with Gasteiger partial charge < -0.3 is 10.1 Å². The Morgan fingerprint density at radius 2 is 1.79 bits per heavy atom. The van der Waals surface area contributed by atoms with E-state index in [-0.39, 0.29) is 12.1 Å². The number of halogens is 2. The normalized spacial score (nSPS) is 19.7. The van der Waals surface area contributed by atoms with Crippen LogP contribution in [-0.4, -0.2) is 40.0 Å². The van der Waals surface area contributed by atoms with E-state index in [0.29, 0.717) is 26.3 Å². The summed E-state index contributed by atoms with van der Waals surface area (Å²) in [5, 5.41) is 3.64. The summed E-state index contributed by atoms with van der Waals surface area (Å²) in [4.78, 5) is 26.0. The van der Waals surface area contributed by atoms with Crippen LogP contribution in [0.15, 0.2) is 52.9 Å². The molecule has 1 saturated heterocycles. The minimum Gasteiger partial charge on any atom is -0.496 e. The van der Waals surface area contributed by atoms with E-state index in [1.54, 1.807) is 48.5 Å². The molecule has 9 heteroatoms. The van der Waals surface area contributed by atoms with E-state index in [9.17, 15) is 13.8 Å². The summed E-state index contributed by atoms with van der Waals surface area (Å²) in [5.41, 5.74) is 0.829. The average molecular weight is 453 g/mol. The number of carbonyl (C=O) groups excluding carboxylic acids is 2. The second-order valence-corrected chi connectivity index (χ2v) is 8.52. The molecule has 1 fully saturated rings. The molecule has 152 valence electrons. The number of methoxy groups -OCH3 is 1. The predicted octanol–water partition coefficient (Wildman–Crippen LogP) is 3.46. The number of hydrogen-bond donors (Lipinski definition) is 1. The first kappa shape index (κ1) is 21.4. The third kappa shape index (κ3) is 4.63. The van der Waals surface area contributed by atoms with Gasteiger partial charge in [-0.05, 0) is 55.5 Å². The van der Waals surface area contributed by atoms with Gasteiger partial charge in [0.2, 0.25) is 5.91 Å². The summed E-state index contributed by atoms with van der Waals surface area (Å²) < 4.78 is 19.5. The Morgan fingerprint density at radius 1 is 1.14 bits per heavy atom. The van der Waals surface area contributed by atoms with E-state index < -0.39 is 28.8 Å². The molecule has 0 radical (unpaired) electrons. The molecule has 0 aromatic heterocycles. The standard InChI is InChI=1S/C20H18Cl2N2O4S/c1-12-19(25)23-11-14(9-13-10-16(22)5-8-18(13)28-2)20(26)24(12)29(27)17-6-3-15(21)4-7-17/h3-10,12H,11H2,1-2H3,(H,23,25)/b14-9+/t12-,29?/m0/s1. The van der Waals surface area contributed by atoms with Crippen LogP contribution >= 0.6 is 23.2 Å². The minimum atomic E-state index is -1.89. The maximum atomic E-state index is 13.2. The summed E-state index contributed by atoms with van der Waals surface area (Å²) in [7, 11) is -0.388. The average Bonchev–Trinajstić information content (AvgIpc) is 2.80. The first-order chi connectivity index (χ1) is 13.8. The third-order valence-corrected chi connectivity index (χ3v) is 6.38. The molecule has 6 nitrogen and oxygen atoms in total. The zero-order valence-electron chi connectivity index (χ0n) is 15.6. The van der Waals surface area contributed by atoms with E-state index in [0.717, 1.165) is 4.31 Å². The molecule has 1 N–H and O–H groups in total. The number of amides is 2. The van der Waals surface area contributed by atoms with Crippen LogP contribution in [0.1, 0.15) is 12.5 Å². The van der Waals surface area contributed by atoms with Crippen molar-refractivity contribution in [1.29, 1.82) is 0 Å². The Hall–Kier alpha value is -2.35. The Labute approximate surface area is 181 Å². The highest BCUT2D eigenvalue weighted by Gasteiger charge is 2.36. The molecular weight excluding hydrogens is 435 g/mol. The van der Waals surface area contributed by atoms with Crippen molar-refractivity contribution < 1.29 is 18.5 Å². The van der Waals surface area contributed by atoms with E-state index in [4.69, 9.17) is 27.9 Å². The van der Waals surface area contributed by atoms with Crippen LogP contribution in [0, 0.1) is 0 Å². The zero-order chi connectivity index (χ0) is 21.1. The Bertz CT molecular complexity index is 1010. The van der Waals surface area contributed by atoms with Crippen LogP contribution in [-0.2, 0) is 20.6 Å². The lowest BCUT2D eigenvalue weighted by molar-refractivity contribution is -0.130. The van der Waals surface area contributed by atoms with Crippen molar-refractivity contribution in [2.45, 2.75) is 17.9 Å². The molecular formula is C20H18Cl2N2O4S. The topological polar surface area (TPSA) is 75.7 Å². The van der Waals surface area contributed by atoms with Gasteiger partial charge in [0.1, 0.15) is 11.8 Å². The molecule has 1 heterocycles. The Morgan fingerprint density at radius 3 is 2.45 bits per heavy atom. The third-order valence-electron chi connectivity index (χ3n) is 4.37. The highest BCUT2D eigenvalue weighted by molar-refractivity contribution is 7.83. The molecule has 2 atom stereocenters. The first-order valence-electron chi connectivity index (χ1n) is 8.64. The largest absolute Gasteiger partial charge is 0.496 e. The van der Waals surface area contributed by atoms with Crippen LogP contribution in [0.2, 0.25) is 10.0 Å². The maximum Gasteiger partial charge on any atom is 0.264 e. The number of benzene rings is 2. The smallest absolute Gasteiger partial charge is 0.264 e. The SMILES string of the molecule is COc1ccc(Cl)cc1/C=C1\CNC(=O)[C@H](C)N(S(=O)c2ccc(Cl)cc2)C1=O. The van der Waals surface area contributed by atoms with Crippen molar-refractivity contribution in [3.05, 3.63) is 63.6 Å². The maximum absolute atomic E-state index is 13.2. The van der Waals surface area contributed by atoms with Crippen LogP contribution in [0.4, 0.5) is 0 Å². The first-order valence-corrected chi connectivity index (χ1v) is 10.5. The zero-order valence-corrected chi connectivity index (χ0v) is 18.0. The van der Waals surface area contributed by atoms with Gasteiger partial charge in [0, 0.05) is 27.7 Å². The summed E-state index contributed by atoms with van der Waals surface area (Å²) >= 11 is 12.0. The lowest BCUT2D eigenvalue weighted by Crippen LogP contribution is -2.45. The molecule has 1 aliphatic rings. The summed E-state index contributed by atoms with van der Waals surface area (Å²) in [6.07, 6.45) is 1.58. The van der Waals surface area contributed by atoms with E-state index in [2.05, 4.69) is 5.32 Å². The van der Waals surface area contributed by atoms with Gasteiger partial charge in [-0.1, -0.05) is 23.2 Å². The van der Waals surface area contributed by atoms with E-state index in [1.807, 2.05) is 0 Å². The molecule has 0 bridgehead atoms. The van der Waals surface area contributed by atoms with Gasteiger partial charge >= 0.3 is 0 Å². The molecule has 1 aliphatic heterocycles. The number of ether oxygens (including phenoxy) is 1. The van der Waals surface area contributed by atoms with Crippen molar-refractivity contribution >= 4 is 52.1 Å². The number of nitrogens with one attached hydrogen (secondary N) is 1. The van der Waals surface area contributed by atoms with Crippen LogP contribution in [0.3, 0.4) is 0 Å². The predicted molar refractivity (Wildman–Crippen MR) is 113 cm³/mol. The Balaban J connectivity index is 2.04. The molecule has 1 unspecified atom stereocenters. The van der Waals surface area contributed by atoms with Gasteiger partial charge in [-0.15, -0.1) is 0 Å². The molecule has 2 aromatic carbocycles. The van der Waals surface area contributed by atoms with Gasteiger partial charge in [0.15, 0.2) is 11.0 Å². The van der Waals surface area contributed by atoms with Crippen molar-refractivity contribution in [1.82, 2.24) is 9.62 Å². The molecule has 29 heavy (non-hydrogen) atoms. The van der Waals surface area contributed by atoms with Gasteiger partial charge in [0.05, 0.1) is 12.0 Å². The molecule has 0 spiro atoms. The fourth-order valence-corrected chi connectivity index (χ4v) is 4.38. The molecule has 2 amide bonds.